The number of nitrogens with zero attached hydrogens (tertiary/aromatic N) is 3. The molecule has 30 heavy (non-hydrogen) atoms. The molecule has 1 N–H and O–H groups in total. The average molecular weight is 447 g/mol. The molecule has 0 fully saturated rings. The van der Waals surface area contributed by atoms with E-state index in [9.17, 15) is 13.2 Å². The fourth-order valence-electron chi connectivity index (χ4n) is 2.65. The molecule has 1 heterocycles. The number of anilines is 1. The van der Waals surface area contributed by atoms with Gasteiger partial charge in [0, 0.05) is 7.05 Å². The SMILES string of the molecule is CCOc1ccccc1NC(=O)CSc1nnc(CS(=O)(=O)c2ccccc2)n1C. The third-order valence-corrected chi connectivity index (χ3v) is 6.79. The van der Waals surface area contributed by atoms with Crippen molar-refractivity contribution in [3.8, 4) is 5.75 Å². The molecule has 0 radical (unpaired) electrons. The van der Waals surface area contributed by atoms with E-state index in [0.717, 1.165) is 0 Å². The number of ether oxygens (including phenoxy) is 1. The summed E-state index contributed by atoms with van der Waals surface area (Å²) in [6.45, 7) is 2.37. The van der Waals surface area contributed by atoms with Gasteiger partial charge in [0.15, 0.2) is 15.0 Å². The number of nitrogens with one attached hydrogen (secondary N) is 1. The summed E-state index contributed by atoms with van der Waals surface area (Å²) in [5, 5.41) is 11.3. The van der Waals surface area contributed by atoms with Crippen LogP contribution in [0.2, 0.25) is 0 Å². The van der Waals surface area contributed by atoms with Crippen LogP contribution in [0.4, 0.5) is 5.69 Å². The van der Waals surface area contributed by atoms with Gasteiger partial charge >= 0.3 is 0 Å². The summed E-state index contributed by atoms with van der Waals surface area (Å²) in [6.07, 6.45) is 0. The van der Waals surface area contributed by atoms with Crippen molar-refractivity contribution in [3.05, 3.63) is 60.4 Å². The Labute approximate surface area is 179 Å². The highest BCUT2D eigenvalue weighted by atomic mass is 32.2. The molecule has 0 atom stereocenters. The summed E-state index contributed by atoms with van der Waals surface area (Å²) >= 11 is 1.18. The number of aromatic nitrogens is 3. The van der Waals surface area contributed by atoms with Crippen LogP contribution in [0.25, 0.3) is 0 Å². The van der Waals surface area contributed by atoms with Crippen molar-refractivity contribution >= 4 is 33.2 Å². The van der Waals surface area contributed by atoms with E-state index >= 15 is 0 Å². The largest absolute Gasteiger partial charge is 0.492 e. The fourth-order valence-corrected chi connectivity index (χ4v) is 4.70. The van der Waals surface area contributed by atoms with Crippen molar-refractivity contribution in [1.29, 1.82) is 0 Å². The minimum atomic E-state index is -3.53. The summed E-state index contributed by atoms with van der Waals surface area (Å²) < 4.78 is 32.2. The number of thioether (sulfide) groups is 1. The first kappa shape index (κ1) is 21.8. The second kappa shape index (κ2) is 9.77. The standard InChI is InChI=1S/C20H22N4O4S2/c1-3-28-17-12-8-7-11-16(17)21-19(25)13-29-20-23-22-18(24(20)2)14-30(26,27)15-9-5-4-6-10-15/h4-12H,3,13-14H2,1-2H3,(H,21,25). The number of para-hydroxylation sites is 2. The van der Waals surface area contributed by atoms with E-state index in [1.807, 2.05) is 19.1 Å². The van der Waals surface area contributed by atoms with Crippen molar-refractivity contribution < 1.29 is 17.9 Å². The third kappa shape index (κ3) is 5.39. The van der Waals surface area contributed by atoms with Crippen molar-refractivity contribution in [2.45, 2.75) is 22.7 Å². The predicted molar refractivity (Wildman–Crippen MR) is 115 cm³/mol. The molecule has 158 valence electrons. The first-order chi connectivity index (χ1) is 14.4. The lowest BCUT2D eigenvalue weighted by Gasteiger charge is -2.11. The molecule has 10 heteroatoms. The van der Waals surface area contributed by atoms with Crippen LogP contribution < -0.4 is 10.1 Å². The van der Waals surface area contributed by atoms with Gasteiger partial charge in [0.05, 0.1) is 22.9 Å². The second-order valence-corrected chi connectivity index (χ2v) is 9.23. The predicted octanol–water partition coefficient (Wildman–Crippen LogP) is 2.92. The topological polar surface area (TPSA) is 103 Å². The van der Waals surface area contributed by atoms with Crippen LogP contribution in [0.1, 0.15) is 12.7 Å². The van der Waals surface area contributed by atoms with E-state index in [2.05, 4.69) is 15.5 Å². The zero-order chi connectivity index (χ0) is 21.6. The van der Waals surface area contributed by atoms with Crippen molar-refractivity contribution in [1.82, 2.24) is 14.8 Å². The van der Waals surface area contributed by atoms with Gasteiger partial charge in [-0.3, -0.25) is 4.79 Å². The summed E-state index contributed by atoms with van der Waals surface area (Å²) in [4.78, 5) is 12.6. The van der Waals surface area contributed by atoms with Gasteiger partial charge in [0.1, 0.15) is 17.3 Å². The van der Waals surface area contributed by atoms with Crippen LogP contribution in [0.5, 0.6) is 5.75 Å². The van der Waals surface area contributed by atoms with Crippen molar-refractivity contribution in [2.24, 2.45) is 7.05 Å². The summed E-state index contributed by atoms with van der Waals surface area (Å²) in [5.74, 6) is 0.509. The van der Waals surface area contributed by atoms with Gasteiger partial charge < -0.3 is 14.6 Å². The molecule has 1 aromatic heterocycles. The highest BCUT2D eigenvalue weighted by molar-refractivity contribution is 7.99. The lowest BCUT2D eigenvalue weighted by molar-refractivity contribution is -0.113. The first-order valence-electron chi connectivity index (χ1n) is 9.21. The van der Waals surface area contributed by atoms with Crippen LogP contribution in [0.3, 0.4) is 0 Å². The normalized spacial score (nSPS) is 11.3. The van der Waals surface area contributed by atoms with Gasteiger partial charge in [-0.2, -0.15) is 0 Å². The molecule has 3 aromatic rings. The highest BCUT2D eigenvalue weighted by Gasteiger charge is 2.20. The molecule has 0 aliphatic carbocycles. The van der Waals surface area contributed by atoms with E-state index in [-0.39, 0.29) is 22.3 Å². The smallest absolute Gasteiger partial charge is 0.234 e. The molecule has 2 aromatic carbocycles. The zero-order valence-electron chi connectivity index (χ0n) is 16.6. The monoisotopic (exact) mass is 446 g/mol. The van der Waals surface area contributed by atoms with E-state index in [4.69, 9.17) is 4.74 Å². The molecular formula is C20H22N4O4S2. The molecular weight excluding hydrogens is 424 g/mol. The number of hydrogen-bond donors (Lipinski definition) is 1. The molecule has 8 nitrogen and oxygen atoms in total. The number of sulfone groups is 1. The molecule has 0 bridgehead atoms. The summed E-state index contributed by atoms with van der Waals surface area (Å²) in [6, 6.07) is 15.4. The van der Waals surface area contributed by atoms with E-state index in [1.54, 1.807) is 54.1 Å². The van der Waals surface area contributed by atoms with Gasteiger partial charge in [-0.15, -0.1) is 10.2 Å². The van der Waals surface area contributed by atoms with Crippen LogP contribution in [0.15, 0.2) is 64.6 Å². The lowest BCUT2D eigenvalue weighted by Crippen LogP contribution is -2.15. The Balaban J connectivity index is 1.62. The molecule has 0 unspecified atom stereocenters. The van der Waals surface area contributed by atoms with E-state index < -0.39 is 9.84 Å². The van der Waals surface area contributed by atoms with Crippen LogP contribution >= 0.6 is 11.8 Å². The van der Waals surface area contributed by atoms with Gasteiger partial charge in [-0.05, 0) is 31.2 Å². The van der Waals surface area contributed by atoms with Gasteiger partial charge in [-0.1, -0.05) is 42.1 Å². The van der Waals surface area contributed by atoms with Crippen LogP contribution in [-0.4, -0.2) is 41.4 Å². The number of benzene rings is 2. The minimum absolute atomic E-state index is 0.0951. The Kier molecular flexibility index (Phi) is 7.11. The molecule has 0 aliphatic rings. The maximum Gasteiger partial charge on any atom is 0.234 e. The zero-order valence-corrected chi connectivity index (χ0v) is 18.2. The summed E-state index contributed by atoms with van der Waals surface area (Å²) in [5.41, 5.74) is 0.595. The number of carbonyl (C=O) groups excluding carboxylic acids is 1. The minimum Gasteiger partial charge on any atom is -0.492 e. The lowest BCUT2D eigenvalue weighted by atomic mass is 10.3. The quantitative estimate of drug-likeness (QED) is 0.504. The Morgan fingerprint density at radius 2 is 1.80 bits per heavy atom. The Morgan fingerprint density at radius 3 is 2.53 bits per heavy atom. The second-order valence-electron chi connectivity index (χ2n) is 6.30. The van der Waals surface area contributed by atoms with Crippen molar-refractivity contribution in [2.75, 3.05) is 17.7 Å². The molecule has 0 aliphatic heterocycles. The van der Waals surface area contributed by atoms with Gasteiger partial charge in [0.25, 0.3) is 0 Å². The molecule has 0 saturated heterocycles. The highest BCUT2D eigenvalue weighted by Crippen LogP contribution is 2.25. The van der Waals surface area contributed by atoms with Crippen molar-refractivity contribution in [3.63, 3.8) is 0 Å². The fraction of sp³-hybridized carbons (Fsp3) is 0.250. The van der Waals surface area contributed by atoms with Gasteiger partial charge in [0.2, 0.25) is 5.91 Å². The molecule has 3 rings (SSSR count). The molecule has 0 saturated carbocycles. The van der Waals surface area contributed by atoms with E-state index in [1.165, 1.54) is 11.8 Å². The Hall–Kier alpha value is -2.85. The average Bonchev–Trinajstić information content (AvgIpc) is 3.07. The number of carbonyl (C=O) groups is 1. The van der Waals surface area contributed by atoms with Gasteiger partial charge in [-0.25, -0.2) is 8.42 Å². The van der Waals surface area contributed by atoms with E-state index in [0.29, 0.717) is 29.0 Å². The Bertz CT molecular complexity index is 1110. The Morgan fingerprint density at radius 1 is 1.10 bits per heavy atom. The summed E-state index contributed by atoms with van der Waals surface area (Å²) in [7, 11) is -1.85. The number of amides is 1. The first-order valence-corrected chi connectivity index (χ1v) is 11.8. The number of hydrogen-bond acceptors (Lipinski definition) is 7. The molecule has 0 spiro atoms. The number of rotatable bonds is 9. The van der Waals surface area contributed by atoms with Crippen LogP contribution in [-0.2, 0) is 27.4 Å². The van der Waals surface area contributed by atoms with Crippen LogP contribution in [0, 0.1) is 0 Å². The third-order valence-electron chi connectivity index (χ3n) is 4.14. The maximum absolute atomic E-state index is 12.6. The maximum atomic E-state index is 12.6. The molecule has 1 amide bonds.